The number of rotatable bonds is 6. The lowest BCUT2D eigenvalue weighted by Crippen LogP contribution is -2.51. The van der Waals surface area contributed by atoms with Gasteiger partial charge >= 0.3 is 0 Å². The molecular formula is C14H26N4O. The van der Waals surface area contributed by atoms with Crippen LogP contribution in [-0.4, -0.2) is 32.8 Å². The van der Waals surface area contributed by atoms with Crippen LogP contribution in [0.15, 0.2) is 6.33 Å². The van der Waals surface area contributed by atoms with E-state index < -0.39 is 11.1 Å². The van der Waals surface area contributed by atoms with E-state index in [0.717, 1.165) is 30.2 Å². The molecule has 0 aliphatic rings. The molecule has 1 aromatic rings. The van der Waals surface area contributed by atoms with Crippen LogP contribution in [0, 0.1) is 6.92 Å². The van der Waals surface area contributed by atoms with Gasteiger partial charge in [-0.15, -0.1) is 0 Å². The van der Waals surface area contributed by atoms with Crippen molar-refractivity contribution >= 4 is 11.6 Å². The summed E-state index contributed by atoms with van der Waals surface area (Å²) in [5.74, 6) is 1.59. The van der Waals surface area contributed by atoms with E-state index in [1.165, 1.54) is 6.33 Å². The monoisotopic (exact) mass is 266 g/mol. The summed E-state index contributed by atoms with van der Waals surface area (Å²) in [6.45, 7) is 12.4. The largest absolute Gasteiger partial charge is 0.388 e. The van der Waals surface area contributed by atoms with Gasteiger partial charge in [0.1, 0.15) is 18.0 Å². The molecule has 5 heteroatoms. The van der Waals surface area contributed by atoms with Crippen molar-refractivity contribution in [3.63, 3.8) is 0 Å². The first-order valence-corrected chi connectivity index (χ1v) is 6.75. The fourth-order valence-corrected chi connectivity index (χ4v) is 1.45. The van der Waals surface area contributed by atoms with E-state index in [1.54, 1.807) is 13.8 Å². The number of nitrogens with one attached hydrogen (secondary N) is 2. The Morgan fingerprint density at radius 1 is 1.16 bits per heavy atom. The van der Waals surface area contributed by atoms with Crippen molar-refractivity contribution in [1.29, 1.82) is 0 Å². The van der Waals surface area contributed by atoms with Gasteiger partial charge < -0.3 is 15.7 Å². The summed E-state index contributed by atoms with van der Waals surface area (Å²) >= 11 is 0. The average molecular weight is 266 g/mol. The molecule has 0 unspecified atom stereocenters. The standard InChI is InChI=1S/C14H26N4O/c1-7-8-15-11-10(2)12(17-9-16-11)18-13(3,4)14(5,6)19/h9,19H,7-8H2,1-6H3,(H2,15,16,17,18). The SMILES string of the molecule is CCCNc1ncnc(NC(C)(C)C(C)(C)O)c1C. The highest BCUT2D eigenvalue weighted by atomic mass is 16.3. The number of hydrogen-bond donors (Lipinski definition) is 3. The second-order valence-electron chi connectivity index (χ2n) is 5.93. The van der Waals surface area contributed by atoms with Gasteiger partial charge in [-0.3, -0.25) is 0 Å². The quantitative estimate of drug-likeness (QED) is 0.738. The van der Waals surface area contributed by atoms with Crippen LogP contribution < -0.4 is 10.6 Å². The van der Waals surface area contributed by atoms with Gasteiger partial charge in [-0.05, 0) is 41.0 Å². The highest BCUT2D eigenvalue weighted by molar-refractivity contribution is 5.57. The van der Waals surface area contributed by atoms with Crippen LogP contribution in [0.4, 0.5) is 11.6 Å². The van der Waals surface area contributed by atoms with Gasteiger partial charge in [0.05, 0.1) is 11.1 Å². The maximum absolute atomic E-state index is 10.2. The number of aliphatic hydroxyl groups is 1. The lowest BCUT2D eigenvalue weighted by Gasteiger charge is -2.38. The van der Waals surface area contributed by atoms with Gasteiger partial charge in [-0.25, -0.2) is 9.97 Å². The Morgan fingerprint density at radius 2 is 1.74 bits per heavy atom. The molecule has 0 fully saturated rings. The van der Waals surface area contributed by atoms with Gasteiger partial charge in [0.15, 0.2) is 0 Å². The number of nitrogens with zero attached hydrogens (tertiary/aromatic N) is 2. The number of aromatic nitrogens is 2. The zero-order valence-corrected chi connectivity index (χ0v) is 12.8. The Hall–Kier alpha value is -1.36. The molecule has 0 aliphatic carbocycles. The summed E-state index contributed by atoms with van der Waals surface area (Å²) < 4.78 is 0. The number of hydrogen-bond acceptors (Lipinski definition) is 5. The second kappa shape index (κ2) is 5.74. The molecule has 108 valence electrons. The Labute approximate surface area is 115 Å². The third kappa shape index (κ3) is 3.80. The molecule has 0 saturated heterocycles. The predicted octanol–water partition coefficient (Wildman–Crippen LogP) is 2.57. The van der Waals surface area contributed by atoms with Crippen molar-refractivity contribution in [1.82, 2.24) is 9.97 Å². The second-order valence-corrected chi connectivity index (χ2v) is 5.93. The Bertz CT molecular complexity index is 424. The molecule has 0 aliphatic heterocycles. The normalized spacial score (nSPS) is 12.4. The van der Waals surface area contributed by atoms with Crippen LogP contribution in [0.1, 0.15) is 46.6 Å². The lowest BCUT2D eigenvalue weighted by molar-refractivity contribution is 0.0238. The summed E-state index contributed by atoms with van der Waals surface area (Å²) in [4.78, 5) is 8.52. The van der Waals surface area contributed by atoms with Crippen LogP contribution in [0.3, 0.4) is 0 Å². The zero-order chi connectivity index (χ0) is 14.7. The highest BCUT2D eigenvalue weighted by Crippen LogP contribution is 2.28. The van der Waals surface area contributed by atoms with Crippen molar-refractivity contribution in [3.05, 3.63) is 11.9 Å². The fourth-order valence-electron chi connectivity index (χ4n) is 1.45. The Kier molecular flexibility index (Phi) is 4.74. The predicted molar refractivity (Wildman–Crippen MR) is 79.5 cm³/mol. The molecule has 19 heavy (non-hydrogen) atoms. The molecule has 0 bridgehead atoms. The van der Waals surface area contributed by atoms with Crippen molar-refractivity contribution in [3.8, 4) is 0 Å². The highest BCUT2D eigenvalue weighted by Gasteiger charge is 2.35. The van der Waals surface area contributed by atoms with Gasteiger partial charge in [0.25, 0.3) is 0 Å². The van der Waals surface area contributed by atoms with Crippen molar-refractivity contribution < 1.29 is 5.11 Å². The average Bonchev–Trinajstić information content (AvgIpc) is 2.28. The van der Waals surface area contributed by atoms with Crippen molar-refractivity contribution in [2.24, 2.45) is 0 Å². The number of anilines is 2. The van der Waals surface area contributed by atoms with Crippen LogP contribution in [0.25, 0.3) is 0 Å². The minimum atomic E-state index is -0.860. The Morgan fingerprint density at radius 3 is 2.26 bits per heavy atom. The first-order valence-electron chi connectivity index (χ1n) is 6.75. The summed E-state index contributed by atoms with van der Waals surface area (Å²) in [6, 6.07) is 0. The molecule has 0 radical (unpaired) electrons. The van der Waals surface area contributed by atoms with E-state index in [4.69, 9.17) is 0 Å². The van der Waals surface area contributed by atoms with Crippen molar-refractivity contribution in [2.75, 3.05) is 17.2 Å². The van der Waals surface area contributed by atoms with Crippen LogP contribution >= 0.6 is 0 Å². The molecule has 0 amide bonds. The summed E-state index contributed by atoms with van der Waals surface area (Å²) in [5.41, 5.74) is -0.386. The zero-order valence-electron chi connectivity index (χ0n) is 12.8. The van der Waals surface area contributed by atoms with Crippen LogP contribution in [-0.2, 0) is 0 Å². The van der Waals surface area contributed by atoms with E-state index in [9.17, 15) is 5.11 Å². The van der Waals surface area contributed by atoms with Gasteiger partial charge in [0.2, 0.25) is 0 Å². The van der Waals surface area contributed by atoms with Gasteiger partial charge in [-0.2, -0.15) is 0 Å². The van der Waals surface area contributed by atoms with E-state index in [2.05, 4.69) is 27.5 Å². The molecule has 0 saturated carbocycles. The molecule has 0 aromatic carbocycles. The summed E-state index contributed by atoms with van der Waals surface area (Å²) in [7, 11) is 0. The molecule has 1 heterocycles. The maximum Gasteiger partial charge on any atom is 0.134 e. The van der Waals surface area contributed by atoms with E-state index in [-0.39, 0.29) is 0 Å². The van der Waals surface area contributed by atoms with Crippen molar-refractivity contribution in [2.45, 2.75) is 59.1 Å². The van der Waals surface area contributed by atoms with E-state index in [0.29, 0.717) is 0 Å². The first-order chi connectivity index (χ1) is 8.69. The third-order valence-corrected chi connectivity index (χ3v) is 3.59. The summed E-state index contributed by atoms with van der Waals surface area (Å²) in [5, 5.41) is 16.8. The van der Waals surface area contributed by atoms with E-state index >= 15 is 0 Å². The first kappa shape index (κ1) is 15.7. The molecule has 0 spiro atoms. The minimum Gasteiger partial charge on any atom is -0.388 e. The van der Waals surface area contributed by atoms with Gasteiger partial charge in [0, 0.05) is 12.1 Å². The molecule has 3 N–H and O–H groups in total. The van der Waals surface area contributed by atoms with Gasteiger partial charge in [-0.1, -0.05) is 6.92 Å². The van der Waals surface area contributed by atoms with E-state index in [1.807, 2.05) is 20.8 Å². The summed E-state index contributed by atoms with van der Waals surface area (Å²) in [6.07, 6.45) is 2.58. The minimum absolute atomic E-state index is 0.492. The molecular weight excluding hydrogens is 240 g/mol. The van der Waals surface area contributed by atoms with Crippen LogP contribution in [0.2, 0.25) is 0 Å². The lowest BCUT2D eigenvalue weighted by atomic mass is 9.86. The Balaban J connectivity index is 2.96. The fraction of sp³-hybridized carbons (Fsp3) is 0.714. The molecule has 0 atom stereocenters. The molecule has 1 rings (SSSR count). The maximum atomic E-state index is 10.2. The van der Waals surface area contributed by atoms with Crippen LogP contribution in [0.5, 0.6) is 0 Å². The smallest absolute Gasteiger partial charge is 0.134 e. The molecule has 5 nitrogen and oxygen atoms in total. The third-order valence-electron chi connectivity index (χ3n) is 3.59. The molecule has 1 aromatic heterocycles. The topological polar surface area (TPSA) is 70.1 Å².